The Bertz CT molecular complexity index is 633. The van der Waals surface area contributed by atoms with Crippen molar-refractivity contribution in [2.45, 2.75) is 13.5 Å². The number of carbonyl (C=O) groups is 1. The fourth-order valence-corrected chi connectivity index (χ4v) is 3.45. The fraction of sp³-hybridized carbons (Fsp3) is 0.133. The number of rotatable bonds is 4. The molecule has 2 rings (SSSR count). The standard InChI is InChI=1S/C15H11Br2ClO2/c1-9-2-3-11(14(18)4-9)8-20-15-12(16)5-10(7-19)6-13(15)17/h2-7H,8H2,1H3. The first-order chi connectivity index (χ1) is 9.51. The number of hydrogen-bond acceptors (Lipinski definition) is 2. The third-order valence-corrected chi connectivity index (χ3v) is 4.27. The van der Waals surface area contributed by atoms with E-state index in [2.05, 4.69) is 31.9 Å². The van der Waals surface area contributed by atoms with Gasteiger partial charge in [-0.15, -0.1) is 0 Å². The molecule has 0 aromatic heterocycles. The van der Waals surface area contributed by atoms with Crippen LogP contribution in [0, 0.1) is 6.92 Å². The van der Waals surface area contributed by atoms with Crippen LogP contribution in [0.2, 0.25) is 5.02 Å². The number of halogens is 3. The van der Waals surface area contributed by atoms with Crippen molar-refractivity contribution in [2.75, 3.05) is 0 Å². The molecule has 0 saturated carbocycles. The monoisotopic (exact) mass is 416 g/mol. The minimum atomic E-state index is 0.358. The lowest BCUT2D eigenvalue weighted by atomic mass is 10.1. The van der Waals surface area contributed by atoms with Gasteiger partial charge in [0.15, 0.2) is 0 Å². The van der Waals surface area contributed by atoms with Gasteiger partial charge in [0.2, 0.25) is 0 Å². The van der Waals surface area contributed by atoms with Crippen molar-refractivity contribution in [3.63, 3.8) is 0 Å². The van der Waals surface area contributed by atoms with Gasteiger partial charge >= 0.3 is 0 Å². The third-order valence-electron chi connectivity index (χ3n) is 2.74. The van der Waals surface area contributed by atoms with Crippen molar-refractivity contribution in [3.8, 4) is 5.75 Å². The van der Waals surface area contributed by atoms with E-state index < -0.39 is 0 Å². The molecule has 2 nitrogen and oxygen atoms in total. The summed E-state index contributed by atoms with van der Waals surface area (Å²) in [6, 6.07) is 9.26. The Balaban J connectivity index is 2.21. The van der Waals surface area contributed by atoms with E-state index >= 15 is 0 Å². The van der Waals surface area contributed by atoms with E-state index in [1.807, 2.05) is 25.1 Å². The Labute approximate surface area is 139 Å². The predicted molar refractivity (Wildman–Crippen MR) is 87.8 cm³/mol. The summed E-state index contributed by atoms with van der Waals surface area (Å²) in [4.78, 5) is 10.8. The van der Waals surface area contributed by atoms with Gasteiger partial charge in [-0.05, 0) is 62.5 Å². The largest absolute Gasteiger partial charge is 0.486 e. The van der Waals surface area contributed by atoms with Gasteiger partial charge in [0, 0.05) is 16.1 Å². The minimum Gasteiger partial charge on any atom is -0.486 e. The van der Waals surface area contributed by atoms with Crippen LogP contribution >= 0.6 is 43.5 Å². The summed E-state index contributed by atoms with van der Waals surface area (Å²) >= 11 is 13.0. The normalized spacial score (nSPS) is 10.4. The summed E-state index contributed by atoms with van der Waals surface area (Å²) < 4.78 is 7.22. The molecule has 0 aliphatic rings. The number of aldehydes is 1. The molecule has 0 radical (unpaired) electrons. The first-order valence-electron chi connectivity index (χ1n) is 5.83. The minimum absolute atomic E-state index is 0.358. The average molecular weight is 419 g/mol. The Morgan fingerprint density at radius 1 is 1.20 bits per heavy atom. The van der Waals surface area contributed by atoms with Crippen LogP contribution in [0.4, 0.5) is 0 Å². The summed E-state index contributed by atoms with van der Waals surface area (Å²) in [6.07, 6.45) is 0.788. The SMILES string of the molecule is Cc1ccc(COc2c(Br)cc(C=O)cc2Br)c(Cl)c1. The Hall–Kier alpha value is -0.840. The number of hydrogen-bond donors (Lipinski definition) is 0. The van der Waals surface area contributed by atoms with E-state index in [9.17, 15) is 4.79 Å². The maximum Gasteiger partial charge on any atom is 0.150 e. The van der Waals surface area contributed by atoms with Gasteiger partial charge in [-0.1, -0.05) is 23.7 Å². The molecule has 0 atom stereocenters. The maximum atomic E-state index is 10.8. The van der Waals surface area contributed by atoms with Gasteiger partial charge in [-0.25, -0.2) is 0 Å². The summed E-state index contributed by atoms with van der Waals surface area (Å²) in [7, 11) is 0. The second kappa shape index (κ2) is 6.74. The van der Waals surface area contributed by atoms with Crippen LogP contribution in [0.3, 0.4) is 0 Å². The summed E-state index contributed by atoms with van der Waals surface area (Å²) in [5.74, 6) is 0.646. The van der Waals surface area contributed by atoms with Crippen molar-refractivity contribution in [1.82, 2.24) is 0 Å². The molecule has 0 fully saturated rings. The topological polar surface area (TPSA) is 26.3 Å². The molecule has 0 amide bonds. The Morgan fingerprint density at radius 2 is 1.85 bits per heavy atom. The molecule has 20 heavy (non-hydrogen) atoms. The van der Waals surface area contributed by atoms with E-state index in [1.165, 1.54) is 0 Å². The van der Waals surface area contributed by atoms with Gasteiger partial charge in [-0.3, -0.25) is 4.79 Å². The van der Waals surface area contributed by atoms with Crippen molar-refractivity contribution in [3.05, 3.63) is 61.0 Å². The van der Waals surface area contributed by atoms with Crippen LogP contribution < -0.4 is 4.74 Å². The first kappa shape index (κ1) is 15.5. The molecular formula is C15H11Br2ClO2. The lowest BCUT2D eigenvalue weighted by Gasteiger charge is -2.12. The smallest absolute Gasteiger partial charge is 0.150 e. The molecule has 5 heteroatoms. The maximum absolute atomic E-state index is 10.8. The molecule has 0 aliphatic carbocycles. The van der Waals surface area contributed by atoms with Crippen LogP contribution in [0.25, 0.3) is 0 Å². The highest BCUT2D eigenvalue weighted by Crippen LogP contribution is 2.35. The lowest BCUT2D eigenvalue weighted by molar-refractivity contribution is 0.112. The summed E-state index contributed by atoms with van der Waals surface area (Å²) in [6.45, 7) is 2.35. The molecule has 0 spiro atoms. The van der Waals surface area contributed by atoms with Gasteiger partial charge in [-0.2, -0.15) is 0 Å². The van der Waals surface area contributed by atoms with Gasteiger partial charge in [0.25, 0.3) is 0 Å². The molecular weight excluding hydrogens is 407 g/mol. The molecule has 2 aromatic carbocycles. The predicted octanol–water partition coefficient (Wildman–Crippen LogP) is 5.56. The molecule has 0 unspecified atom stereocenters. The molecule has 2 aromatic rings. The van der Waals surface area contributed by atoms with Crippen LogP contribution in [0.5, 0.6) is 5.75 Å². The van der Waals surface area contributed by atoms with E-state index in [1.54, 1.807) is 12.1 Å². The molecule has 0 heterocycles. The van der Waals surface area contributed by atoms with E-state index in [4.69, 9.17) is 16.3 Å². The molecule has 0 N–H and O–H groups in total. The van der Waals surface area contributed by atoms with Crippen LogP contribution in [0.1, 0.15) is 21.5 Å². The zero-order valence-corrected chi connectivity index (χ0v) is 14.5. The Morgan fingerprint density at radius 3 is 2.40 bits per heavy atom. The van der Waals surface area contributed by atoms with Crippen LogP contribution in [0.15, 0.2) is 39.3 Å². The number of aryl methyl sites for hydroxylation is 1. The van der Waals surface area contributed by atoms with Gasteiger partial charge in [0.1, 0.15) is 18.6 Å². The quantitative estimate of drug-likeness (QED) is 0.607. The van der Waals surface area contributed by atoms with E-state index in [0.29, 0.717) is 22.9 Å². The van der Waals surface area contributed by atoms with E-state index in [0.717, 1.165) is 26.4 Å². The van der Waals surface area contributed by atoms with Crippen molar-refractivity contribution >= 4 is 49.7 Å². The Kier molecular flexibility index (Phi) is 5.24. The molecule has 104 valence electrons. The third kappa shape index (κ3) is 3.62. The molecule has 0 saturated heterocycles. The van der Waals surface area contributed by atoms with Crippen molar-refractivity contribution in [2.24, 2.45) is 0 Å². The van der Waals surface area contributed by atoms with Crippen molar-refractivity contribution in [1.29, 1.82) is 0 Å². The highest BCUT2D eigenvalue weighted by Gasteiger charge is 2.10. The van der Waals surface area contributed by atoms with Gasteiger partial charge < -0.3 is 4.74 Å². The average Bonchev–Trinajstić information content (AvgIpc) is 2.39. The highest BCUT2D eigenvalue weighted by atomic mass is 79.9. The highest BCUT2D eigenvalue weighted by molar-refractivity contribution is 9.11. The number of ether oxygens (including phenoxy) is 1. The second-order valence-electron chi connectivity index (χ2n) is 4.32. The van der Waals surface area contributed by atoms with Crippen LogP contribution in [-0.2, 0) is 6.61 Å². The molecule has 0 bridgehead atoms. The van der Waals surface area contributed by atoms with Gasteiger partial charge in [0.05, 0.1) is 8.95 Å². The fourth-order valence-electron chi connectivity index (χ4n) is 1.70. The van der Waals surface area contributed by atoms with E-state index in [-0.39, 0.29) is 0 Å². The number of carbonyl (C=O) groups excluding carboxylic acids is 1. The summed E-state index contributed by atoms with van der Waals surface area (Å²) in [5, 5.41) is 0.682. The van der Waals surface area contributed by atoms with Crippen LogP contribution in [-0.4, -0.2) is 6.29 Å². The lowest BCUT2D eigenvalue weighted by Crippen LogP contribution is -1.98. The van der Waals surface area contributed by atoms with Crippen molar-refractivity contribution < 1.29 is 9.53 Å². The second-order valence-corrected chi connectivity index (χ2v) is 6.43. The zero-order chi connectivity index (χ0) is 14.7. The first-order valence-corrected chi connectivity index (χ1v) is 7.79. The summed E-state index contributed by atoms with van der Waals surface area (Å²) in [5.41, 5.74) is 2.59. The molecule has 0 aliphatic heterocycles. The zero-order valence-electron chi connectivity index (χ0n) is 10.6. The number of benzene rings is 2.